The lowest BCUT2D eigenvalue weighted by Crippen LogP contribution is -2.53. The molecule has 12 heteroatoms. The Bertz CT molecular complexity index is 1850. The number of amides is 2. The highest BCUT2D eigenvalue weighted by molar-refractivity contribution is 7.92. The standard InChI is InChI=1S/C37H43N3O8S/c1-7-38-37(42)32(21-27-13-9-8-10-14-27)39(24-28-15-11-12-26(2)20-28)36(41)25-40(31-22-29(45-3)16-18-33(31)46-4)49(43,44)30-17-19-34(47-5)35(23-30)48-6/h8-20,22-23,32H,7,21,24-25H2,1-6H3,(H,38,42)/t32-/m0/s1. The fourth-order valence-electron chi connectivity index (χ4n) is 5.46. The van der Waals surface area contributed by atoms with Crippen LogP contribution in [-0.4, -0.2) is 72.7 Å². The van der Waals surface area contributed by atoms with Gasteiger partial charge in [0.05, 0.1) is 39.0 Å². The van der Waals surface area contributed by atoms with E-state index in [0.29, 0.717) is 18.0 Å². The Hall–Kier alpha value is -5.23. The second-order valence-corrected chi connectivity index (χ2v) is 13.0. The summed E-state index contributed by atoms with van der Waals surface area (Å²) in [6.07, 6.45) is 0.204. The molecule has 0 fully saturated rings. The summed E-state index contributed by atoms with van der Waals surface area (Å²) in [7, 11) is 1.23. The van der Waals surface area contributed by atoms with Crippen molar-refractivity contribution in [1.29, 1.82) is 0 Å². The lowest BCUT2D eigenvalue weighted by Gasteiger charge is -2.34. The first-order valence-electron chi connectivity index (χ1n) is 15.7. The zero-order chi connectivity index (χ0) is 35.6. The number of hydrogen-bond acceptors (Lipinski definition) is 8. The fourth-order valence-corrected chi connectivity index (χ4v) is 6.89. The van der Waals surface area contributed by atoms with Gasteiger partial charge in [0.2, 0.25) is 11.8 Å². The molecule has 0 aliphatic heterocycles. The van der Waals surface area contributed by atoms with Gasteiger partial charge in [-0.25, -0.2) is 8.42 Å². The zero-order valence-electron chi connectivity index (χ0n) is 28.6. The van der Waals surface area contributed by atoms with Crippen LogP contribution in [0.25, 0.3) is 0 Å². The summed E-state index contributed by atoms with van der Waals surface area (Å²) < 4.78 is 51.9. The van der Waals surface area contributed by atoms with Crippen LogP contribution in [-0.2, 0) is 32.6 Å². The molecule has 4 aromatic rings. The van der Waals surface area contributed by atoms with Gasteiger partial charge in [-0.15, -0.1) is 0 Å². The van der Waals surface area contributed by atoms with Gasteiger partial charge in [0.25, 0.3) is 10.0 Å². The van der Waals surface area contributed by atoms with Gasteiger partial charge in [0.15, 0.2) is 11.5 Å². The SMILES string of the molecule is CCNC(=O)[C@H](Cc1ccccc1)N(Cc1cccc(C)c1)C(=O)CN(c1cc(OC)ccc1OC)S(=O)(=O)c1ccc(OC)c(OC)c1. The molecule has 0 bridgehead atoms. The number of carbonyl (C=O) groups is 2. The van der Waals surface area contributed by atoms with Gasteiger partial charge in [0, 0.05) is 31.6 Å². The molecule has 11 nitrogen and oxygen atoms in total. The van der Waals surface area contributed by atoms with Crippen LogP contribution in [0, 0.1) is 6.92 Å². The van der Waals surface area contributed by atoms with Crippen molar-refractivity contribution in [2.45, 2.75) is 37.8 Å². The van der Waals surface area contributed by atoms with Gasteiger partial charge >= 0.3 is 0 Å². The van der Waals surface area contributed by atoms with Crippen molar-refractivity contribution in [3.63, 3.8) is 0 Å². The molecule has 0 aromatic heterocycles. The molecular weight excluding hydrogens is 646 g/mol. The van der Waals surface area contributed by atoms with E-state index in [-0.39, 0.29) is 41.0 Å². The quantitative estimate of drug-likeness (QED) is 0.174. The number of nitrogens with zero attached hydrogens (tertiary/aromatic N) is 2. The van der Waals surface area contributed by atoms with E-state index < -0.39 is 28.5 Å². The third-order valence-electron chi connectivity index (χ3n) is 7.93. The monoisotopic (exact) mass is 689 g/mol. The van der Waals surface area contributed by atoms with Crippen molar-refractivity contribution < 1.29 is 37.0 Å². The van der Waals surface area contributed by atoms with Crippen molar-refractivity contribution in [3.05, 3.63) is 108 Å². The summed E-state index contributed by atoms with van der Waals surface area (Å²) in [5, 5.41) is 2.87. The molecule has 0 saturated heterocycles. The average molecular weight is 690 g/mol. The number of benzene rings is 4. The molecule has 0 spiro atoms. The predicted molar refractivity (Wildman–Crippen MR) is 188 cm³/mol. The van der Waals surface area contributed by atoms with Crippen molar-refractivity contribution in [3.8, 4) is 23.0 Å². The van der Waals surface area contributed by atoms with E-state index in [0.717, 1.165) is 21.0 Å². The third kappa shape index (κ3) is 8.82. The second kappa shape index (κ2) is 16.7. The van der Waals surface area contributed by atoms with Crippen LogP contribution in [0.2, 0.25) is 0 Å². The number of methoxy groups -OCH3 is 4. The highest BCUT2D eigenvalue weighted by Gasteiger charge is 2.36. The van der Waals surface area contributed by atoms with Gasteiger partial charge in [0.1, 0.15) is 24.1 Å². The van der Waals surface area contributed by atoms with Gasteiger partial charge in [-0.3, -0.25) is 13.9 Å². The molecule has 0 radical (unpaired) electrons. The largest absolute Gasteiger partial charge is 0.497 e. The minimum atomic E-state index is -4.48. The summed E-state index contributed by atoms with van der Waals surface area (Å²) in [4.78, 5) is 29.8. The van der Waals surface area contributed by atoms with Crippen LogP contribution < -0.4 is 28.6 Å². The molecule has 0 heterocycles. The van der Waals surface area contributed by atoms with Gasteiger partial charge in [-0.1, -0.05) is 60.2 Å². The molecule has 1 N–H and O–H groups in total. The molecule has 4 rings (SSSR count). The van der Waals surface area contributed by atoms with E-state index in [1.165, 1.54) is 57.6 Å². The molecule has 260 valence electrons. The molecule has 2 amide bonds. The minimum Gasteiger partial charge on any atom is -0.497 e. The zero-order valence-corrected chi connectivity index (χ0v) is 29.5. The lowest BCUT2D eigenvalue weighted by molar-refractivity contribution is -0.140. The summed E-state index contributed by atoms with van der Waals surface area (Å²) in [5.41, 5.74) is 2.66. The number of likely N-dealkylation sites (N-methyl/N-ethyl adjacent to an activating group) is 1. The van der Waals surface area contributed by atoms with Crippen molar-refractivity contribution in [1.82, 2.24) is 10.2 Å². The van der Waals surface area contributed by atoms with Crippen molar-refractivity contribution in [2.75, 3.05) is 45.8 Å². The van der Waals surface area contributed by atoms with Gasteiger partial charge in [-0.05, 0) is 49.2 Å². The fraction of sp³-hybridized carbons (Fsp3) is 0.297. The molecule has 49 heavy (non-hydrogen) atoms. The normalized spacial score (nSPS) is 11.6. The molecule has 0 aliphatic carbocycles. The molecule has 1 atom stereocenters. The second-order valence-electron chi connectivity index (χ2n) is 11.2. The highest BCUT2D eigenvalue weighted by Crippen LogP contribution is 2.38. The smallest absolute Gasteiger partial charge is 0.265 e. The molecule has 0 aliphatic rings. The van der Waals surface area contributed by atoms with Gasteiger partial charge < -0.3 is 29.2 Å². The highest BCUT2D eigenvalue weighted by atomic mass is 32.2. The number of nitrogens with one attached hydrogen (secondary N) is 1. The number of ether oxygens (including phenoxy) is 4. The first-order chi connectivity index (χ1) is 23.6. The Labute approximate surface area is 288 Å². The van der Waals surface area contributed by atoms with E-state index in [9.17, 15) is 18.0 Å². The minimum absolute atomic E-state index is 0.0502. The van der Waals surface area contributed by atoms with Crippen LogP contribution in [0.15, 0.2) is 95.9 Å². The van der Waals surface area contributed by atoms with E-state index in [1.807, 2.05) is 61.5 Å². The number of carbonyl (C=O) groups excluding carboxylic acids is 2. The van der Waals surface area contributed by atoms with E-state index in [4.69, 9.17) is 18.9 Å². The Kier molecular flexibility index (Phi) is 12.5. The number of anilines is 1. The summed E-state index contributed by atoms with van der Waals surface area (Å²) >= 11 is 0. The van der Waals surface area contributed by atoms with E-state index in [2.05, 4.69) is 5.32 Å². The first kappa shape index (κ1) is 36.6. The summed E-state index contributed by atoms with van der Waals surface area (Å²) in [6, 6.07) is 24.9. The number of sulfonamides is 1. The maximum atomic E-state index is 14.7. The number of rotatable bonds is 16. The topological polar surface area (TPSA) is 124 Å². The van der Waals surface area contributed by atoms with Crippen LogP contribution in [0.4, 0.5) is 5.69 Å². The Morgan fingerprint density at radius 1 is 0.755 bits per heavy atom. The number of aryl methyl sites for hydroxylation is 1. The van der Waals surface area contributed by atoms with E-state index in [1.54, 1.807) is 19.1 Å². The third-order valence-corrected chi connectivity index (χ3v) is 9.69. The van der Waals surface area contributed by atoms with Gasteiger partial charge in [-0.2, -0.15) is 0 Å². The molecule has 4 aromatic carbocycles. The molecule has 0 unspecified atom stereocenters. The van der Waals surface area contributed by atoms with Crippen LogP contribution in [0.1, 0.15) is 23.6 Å². The first-order valence-corrected chi connectivity index (χ1v) is 17.1. The molecule has 0 saturated carbocycles. The Balaban J connectivity index is 1.89. The lowest BCUT2D eigenvalue weighted by atomic mass is 10.0. The predicted octanol–water partition coefficient (Wildman–Crippen LogP) is 5.00. The Morgan fingerprint density at radius 3 is 2.06 bits per heavy atom. The maximum Gasteiger partial charge on any atom is 0.265 e. The van der Waals surface area contributed by atoms with Crippen molar-refractivity contribution in [2.24, 2.45) is 0 Å². The summed E-state index contributed by atoms with van der Waals surface area (Å²) in [6.45, 7) is 3.47. The average Bonchev–Trinajstić information content (AvgIpc) is 3.11. The molecular formula is C37H43N3O8S. The van der Waals surface area contributed by atoms with Crippen LogP contribution in [0.3, 0.4) is 0 Å². The Morgan fingerprint density at radius 2 is 1.43 bits per heavy atom. The van der Waals surface area contributed by atoms with Crippen LogP contribution in [0.5, 0.6) is 23.0 Å². The van der Waals surface area contributed by atoms with Crippen LogP contribution >= 0.6 is 0 Å². The maximum absolute atomic E-state index is 14.7. The summed E-state index contributed by atoms with van der Waals surface area (Å²) in [5.74, 6) is 0.0816. The van der Waals surface area contributed by atoms with E-state index >= 15 is 0 Å². The van der Waals surface area contributed by atoms with Crippen molar-refractivity contribution >= 4 is 27.5 Å². The number of hydrogen-bond donors (Lipinski definition) is 1.